The Kier molecular flexibility index (Phi) is 2.93. The molecule has 0 amide bonds. The average Bonchev–Trinajstić information content (AvgIpc) is 2.55. The minimum Gasteiger partial charge on any atom is -0.377 e. The van der Waals surface area contributed by atoms with Crippen molar-refractivity contribution in [3.63, 3.8) is 0 Å². The second kappa shape index (κ2) is 4.21. The van der Waals surface area contributed by atoms with Gasteiger partial charge in [-0.05, 0) is 37.9 Å². The van der Waals surface area contributed by atoms with Crippen molar-refractivity contribution < 1.29 is 4.74 Å². The summed E-state index contributed by atoms with van der Waals surface area (Å²) in [6.07, 6.45) is 6.49. The smallest absolute Gasteiger partial charge is 0.0796 e. The molecule has 1 aromatic heterocycles. The van der Waals surface area contributed by atoms with Gasteiger partial charge in [0.15, 0.2) is 0 Å². The summed E-state index contributed by atoms with van der Waals surface area (Å²) in [5.74, 6) is 0. The van der Waals surface area contributed by atoms with E-state index in [-0.39, 0.29) is 6.10 Å². The molecule has 82 valence electrons. The maximum Gasteiger partial charge on any atom is 0.0796 e. The molecule has 1 unspecified atom stereocenters. The van der Waals surface area contributed by atoms with Gasteiger partial charge in [0.05, 0.1) is 6.10 Å². The average molecular weight is 206 g/mol. The number of fused-ring (bicyclic) bond motifs is 1. The van der Waals surface area contributed by atoms with Crippen molar-refractivity contribution in [2.45, 2.75) is 25.9 Å². The van der Waals surface area contributed by atoms with Gasteiger partial charge in [0.25, 0.3) is 0 Å². The van der Waals surface area contributed by atoms with Crippen LogP contribution < -0.4 is 16.3 Å². The molecule has 1 aliphatic carbocycles. The Labute approximate surface area is 89.6 Å². The number of aromatic nitrogens is 1. The lowest BCUT2D eigenvalue weighted by molar-refractivity contribution is 0.157. The number of ether oxygens (including phenoxy) is 1. The maximum absolute atomic E-state index is 5.62. The fraction of sp³-hybridized carbons (Fsp3) is 0.500. The number of aromatic amines is 1. The summed E-state index contributed by atoms with van der Waals surface area (Å²) in [5.41, 5.74) is 8.19. The molecule has 15 heavy (non-hydrogen) atoms. The van der Waals surface area contributed by atoms with Crippen molar-refractivity contribution in [1.29, 1.82) is 0 Å². The van der Waals surface area contributed by atoms with Crippen LogP contribution in [0, 0.1) is 6.92 Å². The number of methoxy groups -OCH3 is 1. The highest BCUT2D eigenvalue weighted by molar-refractivity contribution is 5.45. The number of hydrogen-bond acceptors (Lipinski definition) is 2. The zero-order chi connectivity index (χ0) is 10.8. The van der Waals surface area contributed by atoms with Gasteiger partial charge in [0.2, 0.25) is 0 Å². The van der Waals surface area contributed by atoms with E-state index in [0.29, 0.717) is 6.54 Å². The predicted molar refractivity (Wildman–Crippen MR) is 61.9 cm³/mol. The first kappa shape index (κ1) is 10.5. The zero-order valence-electron chi connectivity index (χ0n) is 9.34. The lowest BCUT2D eigenvalue weighted by atomic mass is 10.1. The summed E-state index contributed by atoms with van der Waals surface area (Å²) in [7, 11) is 1.75. The number of rotatable bonds is 3. The van der Waals surface area contributed by atoms with E-state index < -0.39 is 0 Å². The fourth-order valence-corrected chi connectivity index (χ4v) is 2.18. The molecule has 0 saturated heterocycles. The molecule has 0 saturated carbocycles. The zero-order valence-corrected chi connectivity index (χ0v) is 9.34. The van der Waals surface area contributed by atoms with E-state index in [0.717, 1.165) is 12.8 Å². The number of aryl methyl sites for hydroxylation is 1. The quantitative estimate of drug-likeness (QED) is 0.720. The van der Waals surface area contributed by atoms with Gasteiger partial charge in [-0.3, -0.25) is 0 Å². The van der Waals surface area contributed by atoms with Crippen LogP contribution in [0.5, 0.6) is 0 Å². The van der Waals surface area contributed by atoms with Crippen LogP contribution in [0.1, 0.15) is 17.7 Å². The van der Waals surface area contributed by atoms with Crippen LogP contribution in [0.3, 0.4) is 0 Å². The first-order chi connectivity index (χ1) is 7.26. The molecule has 0 radical (unpaired) electrons. The van der Waals surface area contributed by atoms with Gasteiger partial charge in [-0.25, -0.2) is 0 Å². The first-order valence-corrected chi connectivity index (χ1v) is 5.38. The molecule has 3 heteroatoms. The van der Waals surface area contributed by atoms with Gasteiger partial charge in [0, 0.05) is 23.4 Å². The van der Waals surface area contributed by atoms with Crippen molar-refractivity contribution in [1.82, 2.24) is 4.98 Å². The van der Waals surface area contributed by atoms with Crippen LogP contribution in [-0.2, 0) is 11.2 Å². The molecule has 0 fully saturated rings. The number of hydrogen-bond donors (Lipinski definition) is 2. The van der Waals surface area contributed by atoms with E-state index in [1.807, 2.05) is 0 Å². The first-order valence-electron chi connectivity index (χ1n) is 5.38. The standard InChI is InChI=1S/C12H18N2O/c1-8-10(5-6-13)11-7-9(15-2)3-4-12(11)14-8/h4,7,9,14H,3,5-6,13H2,1-2H3. The predicted octanol–water partition coefficient (Wildman–Crippen LogP) is -0.196. The summed E-state index contributed by atoms with van der Waals surface area (Å²) in [6.45, 7) is 2.80. The van der Waals surface area contributed by atoms with Crippen molar-refractivity contribution in [2.75, 3.05) is 13.7 Å². The molecular weight excluding hydrogens is 188 g/mol. The molecular formula is C12H18N2O. The van der Waals surface area contributed by atoms with Gasteiger partial charge >= 0.3 is 0 Å². The Morgan fingerprint density at radius 3 is 3.07 bits per heavy atom. The Balaban J connectivity index is 2.54. The van der Waals surface area contributed by atoms with Crippen LogP contribution in [-0.4, -0.2) is 24.7 Å². The number of H-pyrrole nitrogens is 1. The third kappa shape index (κ3) is 1.85. The van der Waals surface area contributed by atoms with E-state index in [1.54, 1.807) is 7.11 Å². The van der Waals surface area contributed by atoms with Crippen LogP contribution in [0.25, 0.3) is 12.2 Å². The molecule has 1 aliphatic rings. The Morgan fingerprint density at radius 1 is 1.60 bits per heavy atom. The highest BCUT2D eigenvalue weighted by Gasteiger charge is 2.11. The van der Waals surface area contributed by atoms with Crippen LogP contribution >= 0.6 is 0 Å². The number of nitrogens with two attached hydrogens (primary N) is 1. The monoisotopic (exact) mass is 206 g/mol. The molecule has 0 spiro atoms. The second-order valence-corrected chi connectivity index (χ2v) is 3.98. The molecule has 1 heterocycles. The molecule has 0 aliphatic heterocycles. The van der Waals surface area contributed by atoms with E-state index in [9.17, 15) is 0 Å². The maximum atomic E-state index is 5.62. The third-order valence-corrected chi connectivity index (χ3v) is 2.99. The minimum absolute atomic E-state index is 0.212. The van der Waals surface area contributed by atoms with Crippen LogP contribution in [0.4, 0.5) is 0 Å². The third-order valence-electron chi connectivity index (χ3n) is 2.99. The normalized spacial score (nSPS) is 19.3. The highest BCUT2D eigenvalue weighted by Crippen LogP contribution is 2.05. The lowest BCUT2D eigenvalue weighted by Gasteiger charge is -2.10. The Hall–Kier alpha value is -1.06. The van der Waals surface area contributed by atoms with Gasteiger partial charge < -0.3 is 15.5 Å². The summed E-state index contributed by atoms with van der Waals surface area (Å²) < 4.78 is 5.36. The van der Waals surface area contributed by atoms with Gasteiger partial charge in [-0.1, -0.05) is 6.08 Å². The fourth-order valence-electron chi connectivity index (χ4n) is 2.18. The van der Waals surface area contributed by atoms with Crippen molar-refractivity contribution in [3.05, 3.63) is 21.8 Å². The minimum atomic E-state index is 0.212. The molecule has 0 bridgehead atoms. The summed E-state index contributed by atoms with van der Waals surface area (Å²) >= 11 is 0. The van der Waals surface area contributed by atoms with E-state index in [1.165, 1.54) is 21.8 Å². The van der Waals surface area contributed by atoms with Gasteiger partial charge in [-0.2, -0.15) is 0 Å². The molecule has 0 aromatic carbocycles. The second-order valence-electron chi connectivity index (χ2n) is 3.98. The summed E-state index contributed by atoms with van der Waals surface area (Å²) in [4.78, 5) is 3.40. The van der Waals surface area contributed by atoms with Crippen molar-refractivity contribution in [2.24, 2.45) is 5.73 Å². The lowest BCUT2D eigenvalue weighted by Crippen LogP contribution is -2.32. The Bertz CT molecular complexity index is 459. The molecule has 3 N–H and O–H groups in total. The highest BCUT2D eigenvalue weighted by atomic mass is 16.5. The molecule has 1 aromatic rings. The van der Waals surface area contributed by atoms with Gasteiger partial charge in [0.1, 0.15) is 0 Å². The largest absolute Gasteiger partial charge is 0.377 e. The van der Waals surface area contributed by atoms with E-state index in [4.69, 9.17) is 10.5 Å². The van der Waals surface area contributed by atoms with Crippen LogP contribution in [0.2, 0.25) is 0 Å². The number of nitrogens with one attached hydrogen (secondary N) is 1. The van der Waals surface area contributed by atoms with E-state index in [2.05, 4.69) is 24.1 Å². The molecule has 2 rings (SSSR count). The molecule has 3 nitrogen and oxygen atoms in total. The summed E-state index contributed by atoms with van der Waals surface area (Å²) in [5, 5.41) is 2.51. The van der Waals surface area contributed by atoms with Crippen molar-refractivity contribution in [3.8, 4) is 0 Å². The Morgan fingerprint density at radius 2 is 2.40 bits per heavy atom. The topological polar surface area (TPSA) is 51.0 Å². The van der Waals surface area contributed by atoms with E-state index >= 15 is 0 Å². The van der Waals surface area contributed by atoms with Gasteiger partial charge in [-0.15, -0.1) is 0 Å². The van der Waals surface area contributed by atoms with Crippen LogP contribution in [0.15, 0.2) is 0 Å². The SMILES string of the molecule is COC1C=c2c(CCN)c(C)[nH]c2=CC1. The molecule has 1 atom stereocenters. The van der Waals surface area contributed by atoms with Crippen molar-refractivity contribution >= 4 is 12.2 Å². The summed E-state index contributed by atoms with van der Waals surface area (Å²) in [6, 6.07) is 0.